The van der Waals surface area contributed by atoms with Crippen LogP contribution >= 0.6 is 22.6 Å². The predicted octanol–water partition coefficient (Wildman–Crippen LogP) is 3.59. The van der Waals surface area contributed by atoms with Gasteiger partial charge in [-0.25, -0.2) is 0 Å². The number of fused-ring (bicyclic) bond motifs is 1. The number of anilines is 1. The average molecular weight is 379 g/mol. The zero-order chi connectivity index (χ0) is 14.1. The van der Waals surface area contributed by atoms with Crippen molar-refractivity contribution in [2.24, 2.45) is 0 Å². The molecule has 0 saturated carbocycles. The number of carbonyl (C=O) groups is 1. The van der Waals surface area contributed by atoms with Gasteiger partial charge in [-0.1, -0.05) is 18.2 Å². The van der Waals surface area contributed by atoms with Crippen molar-refractivity contribution in [2.45, 2.75) is 12.8 Å². The van der Waals surface area contributed by atoms with Crippen molar-refractivity contribution in [3.05, 3.63) is 57.2 Å². The van der Waals surface area contributed by atoms with Gasteiger partial charge in [-0.05, 0) is 65.3 Å². The minimum absolute atomic E-state index is 0.0520. The molecular weight excluding hydrogens is 365 g/mol. The first kappa shape index (κ1) is 13.4. The number of carbonyl (C=O) groups excluding carboxylic acids is 1. The van der Waals surface area contributed by atoms with E-state index in [4.69, 9.17) is 0 Å². The molecule has 0 aromatic heterocycles. The van der Waals surface area contributed by atoms with Gasteiger partial charge in [-0.3, -0.25) is 4.79 Å². The van der Waals surface area contributed by atoms with Gasteiger partial charge in [0.05, 0.1) is 3.57 Å². The van der Waals surface area contributed by atoms with Crippen molar-refractivity contribution in [2.75, 3.05) is 11.4 Å². The van der Waals surface area contributed by atoms with Crippen molar-refractivity contribution < 1.29 is 9.90 Å². The summed E-state index contributed by atoms with van der Waals surface area (Å²) in [6.07, 6.45) is 1.98. The molecule has 1 amide bonds. The SMILES string of the molecule is O=C(c1ccc(I)c(O)c1)N1CCCc2ccccc21. The lowest BCUT2D eigenvalue weighted by atomic mass is 10.0. The van der Waals surface area contributed by atoms with Gasteiger partial charge >= 0.3 is 0 Å². The van der Waals surface area contributed by atoms with E-state index < -0.39 is 0 Å². The molecule has 0 bridgehead atoms. The Labute approximate surface area is 131 Å². The quantitative estimate of drug-likeness (QED) is 0.770. The van der Waals surface area contributed by atoms with Crippen molar-refractivity contribution in [3.8, 4) is 5.75 Å². The van der Waals surface area contributed by atoms with Crippen LogP contribution < -0.4 is 4.90 Å². The van der Waals surface area contributed by atoms with Gasteiger partial charge in [0.25, 0.3) is 5.91 Å². The number of phenolic OH excluding ortho intramolecular Hbond substituents is 1. The highest BCUT2D eigenvalue weighted by molar-refractivity contribution is 14.1. The molecule has 1 heterocycles. The minimum atomic E-state index is -0.0520. The summed E-state index contributed by atoms with van der Waals surface area (Å²) in [5, 5.41) is 9.76. The molecule has 0 radical (unpaired) electrons. The molecule has 2 aromatic carbocycles. The van der Waals surface area contributed by atoms with Crippen LogP contribution in [0.4, 0.5) is 5.69 Å². The number of amides is 1. The largest absolute Gasteiger partial charge is 0.507 e. The Balaban J connectivity index is 1.97. The van der Waals surface area contributed by atoms with E-state index >= 15 is 0 Å². The molecule has 3 rings (SSSR count). The number of para-hydroxylation sites is 1. The lowest BCUT2D eigenvalue weighted by Gasteiger charge is -2.29. The molecule has 4 heteroatoms. The lowest BCUT2D eigenvalue weighted by Crippen LogP contribution is -2.35. The first-order valence-electron chi connectivity index (χ1n) is 6.55. The Morgan fingerprint density at radius 3 is 2.80 bits per heavy atom. The van der Waals surface area contributed by atoms with E-state index in [9.17, 15) is 9.90 Å². The average Bonchev–Trinajstić information content (AvgIpc) is 2.49. The zero-order valence-corrected chi connectivity index (χ0v) is 13.0. The van der Waals surface area contributed by atoms with Crippen LogP contribution in [0.2, 0.25) is 0 Å². The fraction of sp³-hybridized carbons (Fsp3) is 0.188. The molecule has 1 aliphatic heterocycles. The highest BCUT2D eigenvalue weighted by Gasteiger charge is 2.23. The number of phenols is 1. The van der Waals surface area contributed by atoms with Crippen LogP contribution in [-0.4, -0.2) is 17.6 Å². The smallest absolute Gasteiger partial charge is 0.258 e. The van der Waals surface area contributed by atoms with Crippen LogP contribution in [0.25, 0.3) is 0 Å². The molecule has 3 nitrogen and oxygen atoms in total. The summed E-state index contributed by atoms with van der Waals surface area (Å²) in [6, 6.07) is 13.1. The summed E-state index contributed by atoms with van der Waals surface area (Å²) in [5.74, 6) is 0.102. The fourth-order valence-corrected chi connectivity index (χ4v) is 2.88. The summed E-state index contributed by atoms with van der Waals surface area (Å²) in [4.78, 5) is 14.4. The normalized spacial score (nSPS) is 13.9. The second kappa shape index (κ2) is 5.44. The van der Waals surface area contributed by atoms with E-state index in [2.05, 4.69) is 6.07 Å². The van der Waals surface area contributed by atoms with Gasteiger partial charge in [0.15, 0.2) is 0 Å². The van der Waals surface area contributed by atoms with Gasteiger partial charge in [-0.2, -0.15) is 0 Å². The highest BCUT2D eigenvalue weighted by Crippen LogP contribution is 2.29. The number of aryl methyl sites for hydroxylation is 1. The Morgan fingerprint density at radius 2 is 2.00 bits per heavy atom. The van der Waals surface area contributed by atoms with Crippen molar-refractivity contribution in [1.29, 1.82) is 0 Å². The molecule has 0 atom stereocenters. The van der Waals surface area contributed by atoms with Crippen LogP contribution in [-0.2, 0) is 6.42 Å². The van der Waals surface area contributed by atoms with E-state index in [0.717, 1.165) is 28.6 Å². The summed E-state index contributed by atoms with van der Waals surface area (Å²) in [6.45, 7) is 0.725. The maximum Gasteiger partial charge on any atom is 0.258 e. The van der Waals surface area contributed by atoms with E-state index in [0.29, 0.717) is 5.56 Å². The van der Waals surface area contributed by atoms with Gasteiger partial charge in [-0.15, -0.1) is 0 Å². The van der Waals surface area contributed by atoms with Gasteiger partial charge in [0, 0.05) is 17.8 Å². The monoisotopic (exact) mass is 379 g/mol. The Bertz CT molecular complexity index is 669. The van der Waals surface area contributed by atoms with Gasteiger partial charge in [0.1, 0.15) is 5.75 Å². The van der Waals surface area contributed by atoms with Crippen LogP contribution in [0.3, 0.4) is 0 Å². The fourth-order valence-electron chi connectivity index (χ4n) is 2.55. The molecule has 0 fully saturated rings. The third-order valence-corrected chi connectivity index (χ3v) is 4.46. The van der Waals surface area contributed by atoms with E-state index in [1.165, 1.54) is 5.56 Å². The maximum absolute atomic E-state index is 12.6. The number of rotatable bonds is 1. The van der Waals surface area contributed by atoms with Crippen molar-refractivity contribution >= 4 is 34.2 Å². The molecule has 102 valence electrons. The number of nitrogens with zero attached hydrogens (tertiary/aromatic N) is 1. The third-order valence-electron chi connectivity index (χ3n) is 3.55. The molecule has 0 saturated heterocycles. The molecule has 0 aliphatic carbocycles. The number of aromatic hydroxyl groups is 1. The Hall–Kier alpha value is -1.56. The number of halogens is 1. The molecule has 1 aliphatic rings. The summed E-state index contributed by atoms with van der Waals surface area (Å²) >= 11 is 2.04. The molecule has 0 unspecified atom stereocenters. The number of hydrogen-bond acceptors (Lipinski definition) is 2. The Morgan fingerprint density at radius 1 is 1.20 bits per heavy atom. The van der Waals surface area contributed by atoms with E-state index in [1.54, 1.807) is 23.1 Å². The van der Waals surface area contributed by atoms with Crippen LogP contribution in [0.5, 0.6) is 5.75 Å². The van der Waals surface area contributed by atoms with E-state index in [1.807, 2.05) is 40.8 Å². The minimum Gasteiger partial charge on any atom is -0.507 e. The topological polar surface area (TPSA) is 40.5 Å². The van der Waals surface area contributed by atoms with Crippen LogP contribution in [0.15, 0.2) is 42.5 Å². The molecule has 0 spiro atoms. The number of hydrogen-bond donors (Lipinski definition) is 1. The summed E-state index contributed by atoms with van der Waals surface area (Å²) in [5.41, 5.74) is 2.73. The second-order valence-corrected chi connectivity index (χ2v) is 6.02. The Kier molecular flexibility index (Phi) is 3.65. The zero-order valence-electron chi connectivity index (χ0n) is 10.8. The predicted molar refractivity (Wildman–Crippen MR) is 87.3 cm³/mol. The summed E-state index contributed by atoms with van der Waals surface area (Å²) in [7, 11) is 0. The lowest BCUT2D eigenvalue weighted by molar-refractivity contribution is 0.0984. The van der Waals surface area contributed by atoms with Gasteiger partial charge in [0.2, 0.25) is 0 Å². The van der Waals surface area contributed by atoms with Gasteiger partial charge < -0.3 is 10.0 Å². The van der Waals surface area contributed by atoms with Crippen molar-refractivity contribution in [1.82, 2.24) is 0 Å². The van der Waals surface area contributed by atoms with E-state index in [-0.39, 0.29) is 11.7 Å². The number of benzene rings is 2. The van der Waals surface area contributed by atoms with Crippen molar-refractivity contribution in [3.63, 3.8) is 0 Å². The molecule has 2 aromatic rings. The second-order valence-electron chi connectivity index (χ2n) is 4.86. The summed E-state index contributed by atoms with van der Waals surface area (Å²) < 4.78 is 0.748. The maximum atomic E-state index is 12.6. The first-order valence-corrected chi connectivity index (χ1v) is 7.63. The standard InChI is InChI=1S/C16H14INO2/c17-13-8-7-12(10-15(13)19)16(20)18-9-3-5-11-4-1-2-6-14(11)18/h1-2,4,6-8,10,19H,3,5,9H2. The van der Waals surface area contributed by atoms with Crippen LogP contribution in [0, 0.1) is 3.57 Å². The third kappa shape index (κ3) is 2.40. The molecule has 1 N–H and O–H groups in total. The van der Waals surface area contributed by atoms with Crippen LogP contribution in [0.1, 0.15) is 22.3 Å². The molecule has 20 heavy (non-hydrogen) atoms. The highest BCUT2D eigenvalue weighted by atomic mass is 127. The first-order chi connectivity index (χ1) is 9.66. The molecular formula is C16H14INO2.